The first-order valence-electron chi connectivity index (χ1n) is 8.34. The summed E-state index contributed by atoms with van der Waals surface area (Å²) < 4.78 is 53.9. The number of carbonyl (C=O) groups excluding carboxylic acids is 1. The Balaban J connectivity index is 2.22. The molecule has 0 atom stereocenters. The van der Waals surface area contributed by atoms with Gasteiger partial charge in [0.25, 0.3) is 10.0 Å². The molecule has 6 nitrogen and oxygen atoms in total. The van der Waals surface area contributed by atoms with Crippen LogP contribution < -0.4 is 9.46 Å². The standard InChI is InChI=1S/C19H18FNO5S2/c1-4-26-19(22)17-18(16-12(20)6-5-7-15(16)27-17)28(23,24)21-13-10-11(2)8-9-14(13)25-3/h5-10,21H,4H2,1-3H3. The molecule has 0 fully saturated rings. The van der Waals surface area contributed by atoms with E-state index in [2.05, 4.69) is 4.72 Å². The maximum absolute atomic E-state index is 14.5. The zero-order chi connectivity index (χ0) is 20.5. The van der Waals surface area contributed by atoms with E-state index >= 15 is 0 Å². The van der Waals surface area contributed by atoms with Crippen LogP contribution in [0.25, 0.3) is 10.1 Å². The van der Waals surface area contributed by atoms with Crippen molar-refractivity contribution in [3.63, 3.8) is 0 Å². The molecule has 2 aromatic carbocycles. The highest BCUT2D eigenvalue weighted by Gasteiger charge is 2.31. The number of carbonyl (C=O) groups is 1. The molecule has 0 aliphatic carbocycles. The molecule has 0 aliphatic heterocycles. The Morgan fingerprint density at radius 1 is 1.25 bits per heavy atom. The van der Waals surface area contributed by atoms with E-state index in [4.69, 9.17) is 9.47 Å². The first-order chi connectivity index (χ1) is 13.3. The quantitative estimate of drug-likeness (QED) is 0.597. The third kappa shape index (κ3) is 3.67. The second-order valence-electron chi connectivity index (χ2n) is 5.90. The first kappa shape index (κ1) is 20.1. The van der Waals surface area contributed by atoms with Crippen molar-refractivity contribution in [1.29, 1.82) is 0 Å². The summed E-state index contributed by atoms with van der Waals surface area (Å²) in [5, 5.41) is -0.144. The highest BCUT2D eigenvalue weighted by atomic mass is 32.2. The van der Waals surface area contributed by atoms with Crippen LogP contribution in [0.2, 0.25) is 0 Å². The van der Waals surface area contributed by atoms with Crippen LogP contribution in [0.15, 0.2) is 41.3 Å². The Kier molecular flexibility index (Phi) is 5.57. The number of fused-ring (bicyclic) bond motifs is 1. The van der Waals surface area contributed by atoms with Crippen LogP contribution in [0, 0.1) is 12.7 Å². The number of aryl methyl sites for hydroxylation is 1. The fraction of sp³-hybridized carbons (Fsp3) is 0.211. The third-order valence-corrected chi connectivity index (χ3v) is 6.65. The number of sulfonamides is 1. The molecular formula is C19H18FNO5S2. The van der Waals surface area contributed by atoms with E-state index in [1.165, 1.54) is 13.2 Å². The van der Waals surface area contributed by atoms with Gasteiger partial charge in [-0.3, -0.25) is 4.72 Å². The monoisotopic (exact) mass is 423 g/mol. The number of anilines is 1. The summed E-state index contributed by atoms with van der Waals surface area (Å²) in [4.78, 5) is 11.8. The Morgan fingerprint density at radius 2 is 2.00 bits per heavy atom. The number of ether oxygens (including phenoxy) is 2. The number of rotatable bonds is 6. The number of halogens is 1. The molecular weight excluding hydrogens is 405 g/mol. The average molecular weight is 423 g/mol. The molecule has 0 saturated carbocycles. The van der Waals surface area contributed by atoms with E-state index in [1.807, 2.05) is 0 Å². The van der Waals surface area contributed by atoms with Crippen LogP contribution in [-0.2, 0) is 14.8 Å². The van der Waals surface area contributed by atoms with E-state index in [9.17, 15) is 17.6 Å². The molecule has 0 bridgehead atoms. The van der Waals surface area contributed by atoms with Crippen LogP contribution in [0.1, 0.15) is 22.2 Å². The summed E-state index contributed by atoms with van der Waals surface area (Å²) in [7, 11) is -2.91. The van der Waals surface area contributed by atoms with Gasteiger partial charge in [-0.05, 0) is 43.7 Å². The summed E-state index contributed by atoms with van der Waals surface area (Å²) in [6, 6.07) is 9.13. The Bertz CT molecular complexity index is 1150. The van der Waals surface area contributed by atoms with Crippen molar-refractivity contribution in [2.75, 3.05) is 18.4 Å². The molecule has 1 N–H and O–H groups in total. The molecule has 0 spiro atoms. The highest BCUT2D eigenvalue weighted by Crippen LogP contribution is 2.38. The molecule has 1 aromatic heterocycles. The Morgan fingerprint density at radius 3 is 2.68 bits per heavy atom. The molecule has 1 heterocycles. The highest BCUT2D eigenvalue weighted by molar-refractivity contribution is 7.93. The van der Waals surface area contributed by atoms with E-state index in [1.54, 1.807) is 38.1 Å². The molecule has 9 heteroatoms. The molecule has 0 saturated heterocycles. The minimum Gasteiger partial charge on any atom is -0.495 e. The zero-order valence-electron chi connectivity index (χ0n) is 15.4. The van der Waals surface area contributed by atoms with Crippen molar-refractivity contribution < 1.29 is 27.1 Å². The number of benzene rings is 2. The lowest BCUT2D eigenvalue weighted by molar-refractivity contribution is 0.0528. The average Bonchev–Trinajstić information content (AvgIpc) is 3.04. The molecule has 0 radical (unpaired) electrons. The van der Waals surface area contributed by atoms with Crippen molar-refractivity contribution in [2.45, 2.75) is 18.7 Å². The zero-order valence-corrected chi connectivity index (χ0v) is 17.0. The van der Waals surface area contributed by atoms with Crippen molar-refractivity contribution in [1.82, 2.24) is 0 Å². The van der Waals surface area contributed by atoms with E-state index in [0.29, 0.717) is 10.4 Å². The van der Waals surface area contributed by atoms with Gasteiger partial charge in [-0.1, -0.05) is 12.1 Å². The van der Waals surface area contributed by atoms with Crippen LogP contribution >= 0.6 is 11.3 Å². The van der Waals surface area contributed by atoms with Crippen LogP contribution in [-0.4, -0.2) is 28.1 Å². The summed E-state index contributed by atoms with van der Waals surface area (Å²) in [6.07, 6.45) is 0. The molecule has 0 aliphatic rings. The second kappa shape index (κ2) is 7.76. The van der Waals surface area contributed by atoms with Gasteiger partial charge in [-0.15, -0.1) is 11.3 Å². The van der Waals surface area contributed by atoms with Gasteiger partial charge in [0.05, 0.1) is 19.4 Å². The Hall–Kier alpha value is -2.65. The van der Waals surface area contributed by atoms with Crippen LogP contribution in [0.5, 0.6) is 5.75 Å². The Labute approximate surface area is 166 Å². The fourth-order valence-electron chi connectivity index (χ4n) is 2.76. The van der Waals surface area contributed by atoms with E-state index < -0.39 is 26.7 Å². The van der Waals surface area contributed by atoms with Gasteiger partial charge in [0.2, 0.25) is 0 Å². The first-order valence-corrected chi connectivity index (χ1v) is 10.6. The van der Waals surface area contributed by atoms with Gasteiger partial charge in [-0.2, -0.15) is 0 Å². The molecule has 0 unspecified atom stereocenters. The lowest BCUT2D eigenvalue weighted by Gasteiger charge is -2.13. The number of methoxy groups -OCH3 is 1. The number of thiophene rings is 1. The summed E-state index contributed by atoms with van der Waals surface area (Å²) in [5.41, 5.74) is 0.985. The van der Waals surface area contributed by atoms with Crippen LogP contribution in [0.3, 0.4) is 0 Å². The van der Waals surface area contributed by atoms with Crippen molar-refractivity contribution in [3.8, 4) is 5.75 Å². The molecule has 3 aromatic rings. The topological polar surface area (TPSA) is 81.7 Å². The molecule has 28 heavy (non-hydrogen) atoms. The van der Waals surface area contributed by atoms with Gasteiger partial charge in [0, 0.05) is 10.1 Å². The van der Waals surface area contributed by atoms with Gasteiger partial charge in [0.15, 0.2) is 0 Å². The van der Waals surface area contributed by atoms with Gasteiger partial charge < -0.3 is 9.47 Å². The number of hydrogen-bond acceptors (Lipinski definition) is 6. The van der Waals surface area contributed by atoms with Crippen molar-refractivity contribution in [3.05, 3.63) is 52.7 Å². The van der Waals surface area contributed by atoms with Crippen molar-refractivity contribution >= 4 is 43.1 Å². The van der Waals surface area contributed by atoms with Gasteiger partial charge in [0.1, 0.15) is 21.3 Å². The van der Waals surface area contributed by atoms with E-state index in [-0.39, 0.29) is 22.6 Å². The predicted molar refractivity (Wildman–Crippen MR) is 106 cm³/mol. The summed E-state index contributed by atoms with van der Waals surface area (Å²) in [6.45, 7) is 3.46. The minimum absolute atomic E-state index is 0.0637. The normalized spacial score (nSPS) is 11.4. The van der Waals surface area contributed by atoms with Crippen LogP contribution in [0.4, 0.5) is 10.1 Å². The fourth-order valence-corrected chi connectivity index (χ4v) is 5.64. The number of esters is 1. The molecule has 148 valence electrons. The summed E-state index contributed by atoms with van der Waals surface area (Å²) in [5.74, 6) is -1.26. The molecule has 3 rings (SSSR count). The van der Waals surface area contributed by atoms with Crippen molar-refractivity contribution in [2.24, 2.45) is 0 Å². The third-order valence-electron chi connectivity index (χ3n) is 3.95. The summed E-state index contributed by atoms with van der Waals surface area (Å²) >= 11 is 0.872. The predicted octanol–water partition coefficient (Wildman–Crippen LogP) is 4.33. The SMILES string of the molecule is CCOC(=O)c1sc2cccc(F)c2c1S(=O)(=O)Nc1cc(C)ccc1OC. The largest absolute Gasteiger partial charge is 0.495 e. The van der Waals surface area contributed by atoms with Gasteiger partial charge in [-0.25, -0.2) is 17.6 Å². The van der Waals surface area contributed by atoms with E-state index in [0.717, 1.165) is 23.0 Å². The van der Waals surface area contributed by atoms with Gasteiger partial charge >= 0.3 is 5.97 Å². The maximum atomic E-state index is 14.5. The smallest absolute Gasteiger partial charge is 0.349 e. The second-order valence-corrected chi connectivity index (χ2v) is 8.57. The maximum Gasteiger partial charge on any atom is 0.349 e. The lowest BCUT2D eigenvalue weighted by Crippen LogP contribution is -2.17. The lowest BCUT2D eigenvalue weighted by atomic mass is 10.2. The molecule has 0 amide bonds. The number of hydrogen-bond donors (Lipinski definition) is 1. The minimum atomic E-state index is -4.32. The number of nitrogens with one attached hydrogen (secondary N) is 1.